The molecule has 2 N–H and O–H groups in total. The quantitative estimate of drug-likeness (QED) is 0.527. The summed E-state index contributed by atoms with van der Waals surface area (Å²) in [5.41, 5.74) is 8.39. The van der Waals surface area contributed by atoms with Crippen LogP contribution in [0.5, 0.6) is 0 Å². The predicted molar refractivity (Wildman–Crippen MR) is 89.5 cm³/mol. The number of rotatable bonds is 4. The zero-order valence-electron chi connectivity index (χ0n) is 12.4. The first-order chi connectivity index (χ1) is 10.1. The maximum Gasteiger partial charge on any atom is 0.116 e. The van der Waals surface area contributed by atoms with Gasteiger partial charge in [0, 0.05) is 18.8 Å². The minimum Gasteiger partial charge on any atom is -0.389 e. The fourth-order valence-corrected chi connectivity index (χ4v) is 3.09. The van der Waals surface area contributed by atoms with Gasteiger partial charge in [-0.3, -0.25) is 0 Å². The van der Waals surface area contributed by atoms with Crippen molar-refractivity contribution < 1.29 is 0 Å². The molecule has 0 saturated carbocycles. The lowest BCUT2D eigenvalue weighted by molar-refractivity contribution is 0.225. The topological polar surface area (TPSA) is 53.1 Å². The van der Waals surface area contributed by atoms with Gasteiger partial charge in [-0.2, -0.15) is 5.26 Å². The van der Waals surface area contributed by atoms with Crippen molar-refractivity contribution in [1.82, 2.24) is 4.90 Å². The predicted octanol–water partition coefficient (Wildman–Crippen LogP) is 3.02. The second kappa shape index (κ2) is 7.24. The number of nitriles is 1. The average molecular weight is 299 g/mol. The highest BCUT2D eigenvalue weighted by atomic mass is 32.1. The lowest BCUT2D eigenvalue weighted by atomic mass is 9.90. The lowest BCUT2D eigenvalue weighted by Crippen LogP contribution is -2.34. The molecule has 0 aromatic heterocycles. The molecule has 3 nitrogen and oxygen atoms in total. The van der Waals surface area contributed by atoms with Gasteiger partial charge in [0.1, 0.15) is 16.6 Å². The first kappa shape index (κ1) is 15.5. The van der Waals surface area contributed by atoms with Crippen LogP contribution in [0, 0.1) is 17.2 Å². The highest BCUT2D eigenvalue weighted by Gasteiger charge is 2.21. The van der Waals surface area contributed by atoms with E-state index in [0.29, 0.717) is 11.5 Å². The molecule has 0 unspecified atom stereocenters. The SMILES string of the molecule is C/C(=C(/C#N)C(N)=S)N1CCC(Cc2ccccc2)CC1. The summed E-state index contributed by atoms with van der Waals surface area (Å²) >= 11 is 4.94. The number of benzene rings is 1. The van der Waals surface area contributed by atoms with Gasteiger partial charge in [0.2, 0.25) is 0 Å². The first-order valence-electron chi connectivity index (χ1n) is 7.31. The molecule has 4 heteroatoms. The van der Waals surface area contributed by atoms with Crippen LogP contribution in [0.1, 0.15) is 25.3 Å². The summed E-state index contributed by atoms with van der Waals surface area (Å²) in [6, 6.07) is 12.8. The Labute approximate surface area is 132 Å². The summed E-state index contributed by atoms with van der Waals surface area (Å²) in [6.45, 7) is 3.88. The number of hydrogen-bond acceptors (Lipinski definition) is 3. The van der Waals surface area contributed by atoms with Gasteiger partial charge in [-0.05, 0) is 37.7 Å². The Kier molecular flexibility index (Phi) is 5.35. The molecule has 1 aromatic carbocycles. The van der Waals surface area contributed by atoms with Crippen LogP contribution in [-0.4, -0.2) is 23.0 Å². The first-order valence-corrected chi connectivity index (χ1v) is 7.72. The summed E-state index contributed by atoms with van der Waals surface area (Å²) in [7, 11) is 0. The van der Waals surface area contributed by atoms with Crippen molar-refractivity contribution in [2.75, 3.05) is 13.1 Å². The normalized spacial score (nSPS) is 17.0. The number of likely N-dealkylation sites (tertiary alicyclic amines) is 1. The Morgan fingerprint density at radius 2 is 1.95 bits per heavy atom. The summed E-state index contributed by atoms with van der Waals surface area (Å²) in [6.07, 6.45) is 3.42. The van der Waals surface area contributed by atoms with Crippen molar-refractivity contribution in [1.29, 1.82) is 5.26 Å². The summed E-state index contributed by atoms with van der Waals surface area (Å²) in [5.74, 6) is 0.715. The smallest absolute Gasteiger partial charge is 0.116 e. The molecule has 2 rings (SSSR count). The van der Waals surface area contributed by atoms with E-state index in [0.717, 1.165) is 38.0 Å². The molecule has 0 aliphatic carbocycles. The second-order valence-electron chi connectivity index (χ2n) is 5.56. The van der Waals surface area contributed by atoms with Gasteiger partial charge < -0.3 is 10.6 Å². The van der Waals surface area contributed by atoms with Crippen LogP contribution in [0.4, 0.5) is 0 Å². The Morgan fingerprint density at radius 3 is 2.48 bits per heavy atom. The van der Waals surface area contributed by atoms with Crippen LogP contribution in [0.15, 0.2) is 41.6 Å². The van der Waals surface area contributed by atoms with Gasteiger partial charge in [0.15, 0.2) is 0 Å². The molecule has 0 spiro atoms. The van der Waals surface area contributed by atoms with Crippen molar-refractivity contribution in [3.8, 4) is 6.07 Å². The molecule has 1 fully saturated rings. The number of allylic oxidation sites excluding steroid dienone is 1. The molecule has 0 radical (unpaired) electrons. The third-order valence-electron chi connectivity index (χ3n) is 4.18. The molecule has 1 aromatic rings. The number of hydrogen-bond donors (Lipinski definition) is 1. The molecule has 0 atom stereocenters. The Hall–Kier alpha value is -1.86. The van der Waals surface area contributed by atoms with E-state index in [1.807, 2.05) is 6.92 Å². The van der Waals surface area contributed by atoms with Crippen molar-refractivity contribution >= 4 is 17.2 Å². The molecule has 0 amide bonds. The van der Waals surface area contributed by atoms with Crippen LogP contribution in [0.3, 0.4) is 0 Å². The van der Waals surface area contributed by atoms with Crippen LogP contribution in [0.25, 0.3) is 0 Å². The van der Waals surface area contributed by atoms with E-state index in [9.17, 15) is 0 Å². The molecule has 110 valence electrons. The zero-order valence-corrected chi connectivity index (χ0v) is 13.2. The molecule has 1 heterocycles. The van der Waals surface area contributed by atoms with Gasteiger partial charge in [-0.15, -0.1) is 0 Å². The largest absolute Gasteiger partial charge is 0.389 e. The Morgan fingerprint density at radius 1 is 1.33 bits per heavy atom. The fraction of sp³-hybridized carbons (Fsp3) is 0.412. The Bertz CT molecular complexity index is 563. The van der Waals surface area contributed by atoms with Crippen LogP contribution < -0.4 is 5.73 Å². The number of nitrogens with two attached hydrogens (primary N) is 1. The monoisotopic (exact) mass is 299 g/mol. The highest BCUT2D eigenvalue weighted by molar-refractivity contribution is 7.80. The lowest BCUT2D eigenvalue weighted by Gasteiger charge is -2.34. The molecule has 1 saturated heterocycles. The van der Waals surface area contributed by atoms with Gasteiger partial charge in [-0.25, -0.2) is 0 Å². The van der Waals surface area contributed by atoms with E-state index in [1.54, 1.807) is 0 Å². The van der Waals surface area contributed by atoms with Crippen molar-refractivity contribution in [3.63, 3.8) is 0 Å². The molecule has 1 aliphatic heterocycles. The molecular weight excluding hydrogens is 278 g/mol. The molecule has 1 aliphatic rings. The van der Waals surface area contributed by atoms with Crippen molar-refractivity contribution in [2.24, 2.45) is 11.7 Å². The third kappa shape index (κ3) is 4.05. The summed E-state index contributed by atoms with van der Waals surface area (Å²) in [5, 5.41) is 9.14. The zero-order chi connectivity index (χ0) is 15.2. The summed E-state index contributed by atoms with van der Waals surface area (Å²) < 4.78 is 0. The van der Waals surface area contributed by atoms with Crippen molar-refractivity contribution in [3.05, 3.63) is 47.2 Å². The third-order valence-corrected chi connectivity index (χ3v) is 4.38. The van der Waals surface area contributed by atoms with E-state index >= 15 is 0 Å². The van der Waals surface area contributed by atoms with Gasteiger partial charge >= 0.3 is 0 Å². The van der Waals surface area contributed by atoms with Crippen LogP contribution in [-0.2, 0) is 6.42 Å². The minimum absolute atomic E-state index is 0.196. The molecule has 0 bridgehead atoms. The second-order valence-corrected chi connectivity index (χ2v) is 6.00. The maximum atomic E-state index is 9.14. The number of nitrogens with zero attached hydrogens (tertiary/aromatic N) is 2. The standard InChI is InChI=1S/C17H21N3S/c1-13(16(12-18)17(19)21)20-9-7-15(8-10-20)11-14-5-3-2-4-6-14/h2-6,15H,7-11H2,1H3,(H2,19,21)/b16-13+. The molecule has 21 heavy (non-hydrogen) atoms. The highest BCUT2D eigenvalue weighted by Crippen LogP contribution is 2.24. The van der Waals surface area contributed by atoms with Crippen LogP contribution in [0.2, 0.25) is 0 Å². The van der Waals surface area contributed by atoms with Crippen LogP contribution >= 0.6 is 12.2 Å². The van der Waals surface area contributed by atoms with Gasteiger partial charge in [0.25, 0.3) is 0 Å². The molecular formula is C17H21N3S. The maximum absolute atomic E-state index is 9.14. The fourth-order valence-electron chi connectivity index (χ4n) is 2.89. The number of piperidine rings is 1. The van der Waals surface area contributed by atoms with Gasteiger partial charge in [0.05, 0.1) is 0 Å². The van der Waals surface area contributed by atoms with E-state index in [4.69, 9.17) is 23.2 Å². The van der Waals surface area contributed by atoms with E-state index < -0.39 is 0 Å². The summed E-state index contributed by atoms with van der Waals surface area (Å²) in [4.78, 5) is 2.43. The Balaban J connectivity index is 1.95. The average Bonchev–Trinajstić information content (AvgIpc) is 2.49. The van der Waals surface area contributed by atoms with Crippen molar-refractivity contribution in [2.45, 2.75) is 26.2 Å². The van der Waals surface area contributed by atoms with Gasteiger partial charge in [-0.1, -0.05) is 42.5 Å². The van der Waals surface area contributed by atoms with E-state index in [1.165, 1.54) is 5.56 Å². The minimum atomic E-state index is 0.196. The van der Waals surface area contributed by atoms with E-state index in [-0.39, 0.29) is 4.99 Å². The van der Waals surface area contributed by atoms with E-state index in [2.05, 4.69) is 41.3 Å². The number of thiocarbonyl (C=S) groups is 1.